The Morgan fingerprint density at radius 1 is 1.30 bits per heavy atom. The molecule has 30 heavy (non-hydrogen) atoms. The molecule has 0 radical (unpaired) electrons. The van der Waals surface area contributed by atoms with Gasteiger partial charge in [-0.25, -0.2) is 5.43 Å². The lowest BCUT2D eigenvalue weighted by atomic mass is 10.1. The zero-order valence-electron chi connectivity index (χ0n) is 16.2. The summed E-state index contributed by atoms with van der Waals surface area (Å²) in [5, 5.41) is 23.7. The van der Waals surface area contributed by atoms with E-state index in [0.29, 0.717) is 28.0 Å². The molecule has 0 aliphatic rings. The van der Waals surface area contributed by atoms with E-state index in [-0.39, 0.29) is 17.4 Å². The van der Waals surface area contributed by atoms with Gasteiger partial charge in [-0.15, -0.1) is 16.8 Å². The van der Waals surface area contributed by atoms with E-state index in [9.17, 15) is 9.90 Å². The number of hydrogen-bond acceptors (Lipinski definition) is 6. The van der Waals surface area contributed by atoms with Crippen LogP contribution in [-0.2, 0) is 18.3 Å². The molecular formula is C21H20ClN5O2S. The van der Waals surface area contributed by atoms with Crippen LogP contribution < -0.4 is 5.43 Å². The topological polar surface area (TPSA) is 92.4 Å². The SMILES string of the molecule is C=CCc1cccc(C=NNC(=O)CSc2nnc(-c3ccc(Cl)cc3)n2C)c1O. The Morgan fingerprint density at radius 3 is 2.80 bits per heavy atom. The van der Waals surface area contributed by atoms with Gasteiger partial charge in [0.1, 0.15) is 5.75 Å². The van der Waals surface area contributed by atoms with Crippen molar-refractivity contribution in [1.29, 1.82) is 0 Å². The third-order valence-corrected chi connectivity index (χ3v) is 5.45. The molecule has 0 spiro atoms. The Balaban J connectivity index is 1.57. The molecule has 0 aliphatic carbocycles. The summed E-state index contributed by atoms with van der Waals surface area (Å²) in [6.45, 7) is 3.67. The van der Waals surface area contributed by atoms with Crippen molar-refractivity contribution in [2.45, 2.75) is 11.6 Å². The summed E-state index contributed by atoms with van der Waals surface area (Å²) in [5.41, 5.74) is 4.60. The molecule has 1 heterocycles. The number of nitrogens with one attached hydrogen (secondary N) is 1. The molecule has 1 aromatic heterocycles. The first-order valence-corrected chi connectivity index (χ1v) is 10.4. The number of para-hydroxylation sites is 1. The van der Waals surface area contributed by atoms with Crippen molar-refractivity contribution in [1.82, 2.24) is 20.2 Å². The molecule has 0 aliphatic heterocycles. The third kappa shape index (κ3) is 5.28. The van der Waals surface area contributed by atoms with E-state index < -0.39 is 0 Å². The van der Waals surface area contributed by atoms with Crippen LogP contribution in [0.15, 0.2) is 65.4 Å². The molecule has 1 amide bonds. The van der Waals surface area contributed by atoms with E-state index in [2.05, 4.69) is 27.3 Å². The number of phenolic OH excluding ortho intramolecular Hbond substituents is 1. The van der Waals surface area contributed by atoms with Gasteiger partial charge >= 0.3 is 0 Å². The molecule has 7 nitrogen and oxygen atoms in total. The molecule has 0 atom stereocenters. The van der Waals surface area contributed by atoms with Crippen molar-refractivity contribution in [3.05, 3.63) is 71.3 Å². The summed E-state index contributed by atoms with van der Waals surface area (Å²) in [7, 11) is 1.83. The largest absolute Gasteiger partial charge is 0.507 e. The van der Waals surface area contributed by atoms with Gasteiger partial charge in [-0.3, -0.25) is 4.79 Å². The number of rotatable bonds is 8. The smallest absolute Gasteiger partial charge is 0.250 e. The number of hydrogen-bond donors (Lipinski definition) is 2. The Labute approximate surface area is 183 Å². The first-order valence-electron chi connectivity index (χ1n) is 9.01. The van der Waals surface area contributed by atoms with Crippen LogP contribution in [0.25, 0.3) is 11.4 Å². The van der Waals surface area contributed by atoms with Crippen LogP contribution in [0, 0.1) is 0 Å². The lowest BCUT2D eigenvalue weighted by molar-refractivity contribution is -0.118. The summed E-state index contributed by atoms with van der Waals surface area (Å²) in [6.07, 6.45) is 3.66. The van der Waals surface area contributed by atoms with E-state index in [1.165, 1.54) is 18.0 Å². The van der Waals surface area contributed by atoms with Crippen LogP contribution in [-0.4, -0.2) is 37.7 Å². The number of allylic oxidation sites excluding steroid dienone is 1. The standard InChI is InChI=1S/C21H20ClN5O2S/c1-3-5-14-6-4-7-16(19(14)29)12-23-24-18(28)13-30-21-26-25-20(27(21)2)15-8-10-17(22)11-9-15/h3-4,6-12,29H,1,5,13H2,2H3,(H,24,28). The second-order valence-electron chi connectivity index (χ2n) is 6.30. The van der Waals surface area contributed by atoms with Crippen LogP contribution >= 0.6 is 23.4 Å². The lowest BCUT2D eigenvalue weighted by Gasteiger charge is -2.05. The quantitative estimate of drug-likeness (QED) is 0.240. The average molecular weight is 442 g/mol. The first kappa shape index (κ1) is 21.6. The normalized spacial score (nSPS) is 11.0. The Morgan fingerprint density at radius 2 is 2.07 bits per heavy atom. The minimum Gasteiger partial charge on any atom is -0.507 e. The monoisotopic (exact) mass is 441 g/mol. The maximum Gasteiger partial charge on any atom is 0.250 e. The lowest BCUT2D eigenvalue weighted by Crippen LogP contribution is -2.20. The number of aromatic nitrogens is 3. The highest BCUT2D eigenvalue weighted by Gasteiger charge is 2.13. The zero-order chi connectivity index (χ0) is 21.5. The van der Waals surface area contributed by atoms with E-state index in [1.807, 2.05) is 35.9 Å². The summed E-state index contributed by atoms with van der Waals surface area (Å²) >= 11 is 7.17. The summed E-state index contributed by atoms with van der Waals surface area (Å²) in [6, 6.07) is 12.6. The van der Waals surface area contributed by atoms with Crippen molar-refractivity contribution in [3.63, 3.8) is 0 Å². The summed E-state index contributed by atoms with van der Waals surface area (Å²) in [4.78, 5) is 12.1. The van der Waals surface area contributed by atoms with Crippen LogP contribution in [0.2, 0.25) is 5.02 Å². The number of carbonyl (C=O) groups excluding carboxylic acids is 1. The Kier molecular flexibility index (Phi) is 7.26. The van der Waals surface area contributed by atoms with Gasteiger partial charge in [-0.2, -0.15) is 5.10 Å². The number of benzene rings is 2. The number of nitrogens with zero attached hydrogens (tertiary/aromatic N) is 4. The Bertz CT molecular complexity index is 1080. The molecular weight excluding hydrogens is 422 g/mol. The number of aromatic hydroxyl groups is 1. The van der Waals surface area contributed by atoms with Crippen molar-refractivity contribution < 1.29 is 9.90 Å². The molecule has 3 rings (SSSR count). The van der Waals surface area contributed by atoms with Gasteiger partial charge in [-0.1, -0.05) is 41.6 Å². The highest BCUT2D eigenvalue weighted by atomic mass is 35.5. The second kappa shape index (κ2) is 10.1. The molecule has 0 saturated heterocycles. The predicted octanol–water partition coefficient (Wildman–Crippen LogP) is 3.81. The van der Waals surface area contributed by atoms with Gasteiger partial charge in [0.25, 0.3) is 5.91 Å². The molecule has 0 bridgehead atoms. The van der Waals surface area contributed by atoms with E-state index in [1.54, 1.807) is 24.3 Å². The first-order chi connectivity index (χ1) is 14.5. The van der Waals surface area contributed by atoms with E-state index in [0.717, 1.165) is 11.1 Å². The van der Waals surface area contributed by atoms with Gasteiger partial charge in [0.2, 0.25) is 0 Å². The van der Waals surface area contributed by atoms with E-state index in [4.69, 9.17) is 11.6 Å². The molecule has 0 unspecified atom stereocenters. The van der Waals surface area contributed by atoms with E-state index >= 15 is 0 Å². The fourth-order valence-electron chi connectivity index (χ4n) is 2.66. The molecule has 0 saturated carbocycles. The number of thioether (sulfide) groups is 1. The van der Waals surface area contributed by atoms with Crippen LogP contribution in [0.1, 0.15) is 11.1 Å². The predicted molar refractivity (Wildman–Crippen MR) is 120 cm³/mol. The number of carbonyl (C=O) groups is 1. The summed E-state index contributed by atoms with van der Waals surface area (Å²) < 4.78 is 1.81. The molecule has 0 fully saturated rings. The maximum atomic E-state index is 12.1. The highest BCUT2D eigenvalue weighted by Crippen LogP contribution is 2.24. The fraction of sp³-hybridized carbons (Fsp3) is 0.143. The number of phenols is 1. The molecule has 3 aromatic rings. The van der Waals surface area contributed by atoms with Gasteiger partial charge < -0.3 is 9.67 Å². The van der Waals surface area contributed by atoms with Crippen molar-refractivity contribution >= 4 is 35.5 Å². The van der Waals surface area contributed by atoms with Crippen molar-refractivity contribution in [2.24, 2.45) is 12.1 Å². The minimum atomic E-state index is -0.297. The van der Waals surface area contributed by atoms with Crippen LogP contribution in [0.5, 0.6) is 5.75 Å². The number of amides is 1. The fourth-order valence-corrected chi connectivity index (χ4v) is 3.49. The van der Waals surface area contributed by atoms with Gasteiger partial charge in [0, 0.05) is 23.2 Å². The number of halogens is 1. The number of hydrazone groups is 1. The molecule has 9 heteroatoms. The second-order valence-corrected chi connectivity index (χ2v) is 7.68. The summed E-state index contributed by atoms with van der Waals surface area (Å²) in [5.74, 6) is 0.627. The maximum absolute atomic E-state index is 12.1. The van der Waals surface area contributed by atoms with Crippen LogP contribution in [0.3, 0.4) is 0 Å². The van der Waals surface area contributed by atoms with Gasteiger partial charge in [-0.05, 0) is 42.3 Å². The minimum absolute atomic E-state index is 0.117. The highest BCUT2D eigenvalue weighted by molar-refractivity contribution is 7.99. The van der Waals surface area contributed by atoms with Gasteiger partial charge in [0.05, 0.1) is 12.0 Å². The molecule has 2 N–H and O–H groups in total. The average Bonchev–Trinajstić information content (AvgIpc) is 3.10. The van der Waals surface area contributed by atoms with Crippen molar-refractivity contribution in [3.8, 4) is 17.1 Å². The zero-order valence-corrected chi connectivity index (χ0v) is 17.8. The Hall–Kier alpha value is -3.10. The van der Waals surface area contributed by atoms with Crippen LogP contribution in [0.4, 0.5) is 0 Å². The van der Waals surface area contributed by atoms with Crippen molar-refractivity contribution in [2.75, 3.05) is 5.75 Å². The molecule has 2 aromatic carbocycles. The molecule has 154 valence electrons. The third-order valence-electron chi connectivity index (χ3n) is 4.18. The van der Waals surface area contributed by atoms with Gasteiger partial charge in [0.15, 0.2) is 11.0 Å².